The third-order valence-electron chi connectivity index (χ3n) is 4.14. The van der Waals surface area contributed by atoms with Crippen LogP contribution in [-0.4, -0.2) is 25.5 Å². The lowest BCUT2D eigenvalue weighted by Gasteiger charge is -2.15. The molecular weight excluding hydrogens is 371 g/mol. The van der Waals surface area contributed by atoms with Crippen molar-refractivity contribution >= 4 is 17.5 Å². The molecule has 2 aromatic rings. The summed E-state index contributed by atoms with van der Waals surface area (Å²) in [6.07, 6.45) is 5.73. The Morgan fingerprint density at radius 2 is 1.79 bits per heavy atom. The molecule has 2 rings (SSSR count). The van der Waals surface area contributed by atoms with Crippen molar-refractivity contribution in [3.05, 3.63) is 96.4 Å². The van der Waals surface area contributed by atoms with Crippen LogP contribution in [0.2, 0.25) is 0 Å². The van der Waals surface area contributed by atoms with Gasteiger partial charge in [-0.2, -0.15) is 0 Å². The number of ether oxygens (including phenoxy) is 1. The van der Waals surface area contributed by atoms with Crippen LogP contribution >= 0.6 is 0 Å². The Morgan fingerprint density at radius 3 is 2.45 bits per heavy atom. The number of halogens is 1. The van der Waals surface area contributed by atoms with E-state index in [9.17, 15) is 14.0 Å². The van der Waals surface area contributed by atoms with Crippen molar-refractivity contribution in [1.82, 2.24) is 5.32 Å². The summed E-state index contributed by atoms with van der Waals surface area (Å²) in [6.45, 7) is 7.72. The Labute approximate surface area is 169 Å². The van der Waals surface area contributed by atoms with Crippen molar-refractivity contribution < 1.29 is 18.7 Å². The summed E-state index contributed by atoms with van der Waals surface area (Å²) in [5, 5.41) is 5.39. The molecule has 0 fully saturated rings. The van der Waals surface area contributed by atoms with E-state index < -0.39 is 17.6 Å². The van der Waals surface area contributed by atoms with Crippen LogP contribution in [0.4, 0.5) is 10.1 Å². The van der Waals surface area contributed by atoms with Gasteiger partial charge in [0.2, 0.25) is 0 Å². The summed E-state index contributed by atoms with van der Waals surface area (Å²) >= 11 is 0. The molecular formula is C23H23FN2O3. The smallest absolute Gasteiger partial charge is 0.258 e. The maximum atomic E-state index is 13.9. The largest absolute Gasteiger partial charge is 0.495 e. The number of allylic oxidation sites excluding steroid dienone is 3. The molecule has 150 valence electrons. The van der Waals surface area contributed by atoms with Gasteiger partial charge in [0, 0.05) is 6.54 Å². The van der Waals surface area contributed by atoms with E-state index in [4.69, 9.17) is 4.74 Å². The van der Waals surface area contributed by atoms with Crippen LogP contribution in [0, 0.1) is 5.82 Å². The maximum Gasteiger partial charge on any atom is 0.258 e. The first-order chi connectivity index (χ1) is 14.0. The zero-order chi connectivity index (χ0) is 21.2. The normalized spacial score (nSPS) is 10.8. The van der Waals surface area contributed by atoms with Crippen LogP contribution in [0.3, 0.4) is 0 Å². The quantitative estimate of drug-likeness (QED) is 0.615. The average molecular weight is 394 g/mol. The first-order valence-corrected chi connectivity index (χ1v) is 8.97. The number of hydrogen-bond donors (Lipinski definition) is 2. The highest BCUT2D eigenvalue weighted by Gasteiger charge is 2.19. The molecule has 2 N–H and O–H groups in total. The van der Waals surface area contributed by atoms with Gasteiger partial charge in [0.15, 0.2) is 0 Å². The fourth-order valence-corrected chi connectivity index (χ4v) is 2.67. The monoisotopic (exact) mass is 394 g/mol. The van der Waals surface area contributed by atoms with Gasteiger partial charge in [-0.25, -0.2) is 4.39 Å². The molecule has 0 unspecified atom stereocenters. The highest BCUT2D eigenvalue weighted by Crippen LogP contribution is 2.29. The summed E-state index contributed by atoms with van der Waals surface area (Å²) in [7, 11) is 1.42. The maximum absolute atomic E-state index is 13.9. The van der Waals surface area contributed by atoms with Crippen molar-refractivity contribution in [3.63, 3.8) is 0 Å². The van der Waals surface area contributed by atoms with Crippen molar-refractivity contribution in [3.8, 4) is 5.75 Å². The molecule has 0 saturated heterocycles. The van der Waals surface area contributed by atoms with Crippen LogP contribution in [-0.2, 0) is 0 Å². The van der Waals surface area contributed by atoms with Gasteiger partial charge in [-0.15, -0.1) is 0 Å². The number of anilines is 1. The zero-order valence-electron chi connectivity index (χ0n) is 16.2. The van der Waals surface area contributed by atoms with Gasteiger partial charge in [0.25, 0.3) is 11.8 Å². The Morgan fingerprint density at radius 1 is 1.07 bits per heavy atom. The Hall–Kier alpha value is -3.67. The third-order valence-corrected chi connectivity index (χ3v) is 4.14. The number of para-hydroxylation sites is 1. The van der Waals surface area contributed by atoms with Crippen LogP contribution in [0.1, 0.15) is 27.1 Å². The molecule has 0 aliphatic rings. The molecule has 0 atom stereocenters. The third kappa shape index (κ3) is 5.65. The van der Waals surface area contributed by atoms with E-state index in [1.165, 1.54) is 25.3 Å². The average Bonchev–Trinajstić information content (AvgIpc) is 2.73. The summed E-state index contributed by atoms with van der Waals surface area (Å²) in [6, 6.07) is 10.4. The second-order valence-electron chi connectivity index (χ2n) is 6.00. The second kappa shape index (κ2) is 10.6. The van der Waals surface area contributed by atoms with E-state index in [0.717, 1.165) is 5.57 Å². The molecule has 0 aromatic heterocycles. The second-order valence-corrected chi connectivity index (χ2v) is 6.00. The lowest BCUT2D eigenvalue weighted by molar-refractivity contribution is 0.0955. The first kappa shape index (κ1) is 21.6. The minimum Gasteiger partial charge on any atom is -0.495 e. The Balaban J connectivity index is 2.22. The van der Waals surface area contributed by atoms with E-state index in [-0.39, 0.29) is 16.8 Å². The summed E-state index contributed by atoms with van der Waals surface area (Å²) in [4.78, 5) is 25.2. The molecule has 2 amide bonds. The molecule has 6 heteroatoms. The SMILES string of the molecule is C=C/C=C(\C=C)CCNC(=O)c1cccc(OC)c1NC(=O)c1ccccc1F. The van der Waals surface area contributed by atoms with Gasteiger partial charge >= 0.3 is 0 Å². The molecule has 0 spiro atoms. The number of nitrogens with one attached hydrogen (secondary N) is 2. The minimum atomic E-state index is -0.676. The fourth-order valence-electron chi connectivity index (χ4n) is 2.67. The Kier molecular flexibility index (Phi) is 7.91. The van der Waals surface area contributed by atoms with Gasteiger partial charge in [-0.05, 0) is 36.3 Å². The fraction of sp³-hybridized carbons (Fsp3) is 0.130. The number of benzene rings is 2. The van der Waals surface area contributed by atoms with Gasteiger partial charge in [0.1, 0.15) is 11.6 Å². The van der Waals surface area contributed by atoms with Gasteiger partial charge in [0.05, 0.1) is 23.9 Å². The summed E-state index contributed by atoms with van der Waals surface area (Å²) in [5.41, 5.74) is 1.18. The van der Waals surface area contributed by atoms with Crippen LogP contribution in [0.25, 0.3) is 0 Å². The van der Waals surface area contributed by atoms with Gasteiger partial charge < -0.3 is 15.4 Å². The molecule has 0 saturated carbocycles. The molecule has 5 nitrogen and oxygen atoms in total. The molecule has 0 aliphatic carbocycles. The number of amides is 2. The van der Waals surface area contributed by atoms with E-state index in [1.54, 1.807) is 36.4 Å². The number of rotatable bonds is 9. The zero-order valence-corrected chi connectivity index (χ0v) is 16.2. The van der Waals surface area contributed by atoms with Crippen molar-refractivity contribution in [1.29, 1.82) is 0 Å². The van der Waals surface area contributed by atoms with Crippen LogP contribution in [0.5, 0.6) is 5.75 Å². The van der Waals surface area contributed by atoms with E-state index in [0.29, 0.717) is 18.7 Å². The Bertz CT molecular complexity index is 951. The highest BCUT2D eigenvalue weighted by atomic mass is 19.1. The van der Waals surface area contributed by atoms with Crippen LogP contribution in [0.15, 0.2) is 79.4 Å². The standard InChI is InChI=1S/C23H23FN2O3/c1-4-9-16(5-2)14-15-25-22(27)18-11-8-13-20(29-3)21(18)26-23(28)17-10-6-7-12-19(17)24/h4-13H,1-2,14-15H2,3H3,(H,25,27)(H,26,28)/b16-9+. The van der Waals surface area contributed by atoms with Gasteiger partial charge in [-0.1, -0.05) is 49.6 Å². The lowest BCUT2D eigenvalue weighted by atomic mass is 10.1. The van der Waals surface area contributed by atoms with Crippen molar-refractivity contribution in [2.75, 3.05) is 19.0 Å². The highest BCUT2D eigenvalue weighted by molar-refractivity contribution is 6.10. The molecule has 0 aliphatic heterocycles. The number of methoxy groups -OCH3 is 1. The molecule has 29 heavy (non-hydrogen) atoms. The first-order valence-electron chi connectivity index (χ1n) is 8.97. The lowest BCUT2D eigenvalue weighted by Crippen LogP contribution is -2.26. The van der Waals surface area contributed by atoms with Crippen molar-refractivity contribution in [2.24, 2.45) is 0 Å². The minimum absolute atomic E-state index is 0.130. The molecule has 0 bridgehead atoms. The molecule has 2 aromatic carbocycles. The van der Waals surface area contributed by atoms with Gasteiger partial charge in [-0.3, -0.25) is 9.59 Å². The topological polar surface area (TPSA) is 67.4 Å². The summed E-state index contributed by atoms with van der Waals surface area (Å²) in [5.74, 6) is -1.43. The number of carbonyl (C=O) groups is 2. The van der Waals surface area contributed by atoms with Crippen LogP contribution < -0.4 is 15.4 Å². The summed E-state index contributed by atoms with van der Waals surface area (Å²) < 4.78 is 19.2. The molecule has 0 radical (unpaired) electrons. The number of carbonyl (C=O) groups excluding carboxylic acids is 2. The van der Waals surface area contributed by atoms with E-state index in [2.05, 4.69) is 23.8 Å². The predicted octanol–water partition coefficient (Wildman–Crippen LogP) is 4.50. The van der Waals surface area contributed by atoms with E-state index in [1.807, 2.05) is 6.08 Å². The van der Waals surface area contributed by atoms with Crippen molar-refractivity contribution in [2.45, 2.75) is 6.42 Å². The van der Waals surface area contributed by atoms with E-state index >= 15 is 0 Å². The predicted molar refractivity (Wildman–Crippen MR) is 113 cm³/mol. The number of hydrogen-bond acceptors (Lipinski definition) is 3. The molecule has 0 heterocycles.